The fourth-order valence-corrected chi connectivity index (χ4v) is 1.55. The molecule has 0 bridgehead atoms. The fourth-order valence-electron chi connectivity index (χ4n) is 0.867. The maximum atomic E-state index is 4.00. The van der Waals surface area contributed by atoms with Crippen LogP contribution in [0.2, 0.25) is 0 Å². The van der Waals surface area contributed by atoms with Gasteiger partial charge in [-0.05, 0) is 11.4 Å². The van der Waals surface area contributed by atoms with Crippen LogP contribution >= 0.6 is 11.3 Å². The van der Waals surface area contributed by atoms with Crippen LogP contribution in [0, 0.1) is 0 Å². The Kier molecular flexibility index (Phi) is 1.69. The van der Waals surface area contributed by atoms with Crippen LogP contribution in [0.5, 0.6) is 0 Å². The lowest BCUT2D eigenvalue weighted by molar-refractivity contribution is 0.597. The van der Waals surface area contributed by atoms with Gasteiger partial charge in [0.2, 0.25) is 0 Å². The molecule has 0 aliphatic heterocycles. The number of hydrogen-bond acceptors (Lipinski definition) is 3. The maximum Gasteiger partial charge on any atom is 0.0949 e. The first kappa shape index (κ1) is 6.54. The summed E-state index contributed by atoms with van der Waals surface area (Å²) in [5, 5.41) is 10.1. The van der Waals surface area contributed by atoms with Gasteiger partial charge in [-0.25, -0.2) is 0 Å². The highest BCUT2D eigenvalue weighted by molar-refractivity contribution is 7.09. The molecule has 0 atom stereocenters. The van der Waals surface area contributed by atoms with Gasteiger partial charge in [0.25, 0.3) is 0 Å². The molecule has 2 aromatic rings. The normalized spacial score (nSPS) is 10.2. The van der Waals surface area contributed by atoms with Crippen molar-refractivity contribution in [3.05, 3.63) is 34.8 Å². The lowest BCUT2D eigenvalue weighted by atomic mass is 10.5. The monoisotopic (exact) mass is 165 g/mol. The Bertz CT molecular complexity index is 266. The minimum absolute atomic E-state index is 0.782. The van der Waals surface area contributed by atoms with E-state index >= 15 is 0 Å². The molecule has 11 heavy (non-hydrogen) atoms. The molecule has 0 amide bonds. The van der Waals surface area contributed by atoms with E-state index in [0.29, 0.717) is 0 Å². The van der Waals surface area contributed by atoms with Crippen LogP contribution in [0.3, 0.4) is 0 Å². The largest absolute Gasteiger partial charge is 0.180 e. The summed E-state index contributed by atoms with van der Waals surface area (Å²) < 4.78 is 0. The van der Waals surface area contributed by atoms with Crippen molar-refractivity contribution in [2.75, 3.05) is 0 Å². The number of thiophene rings is 1. The van der Waals surface area contributed by atoms with E-state index in [9.17, 15) is 0 Å². The summed E-state index contributed by atoms with van der Waals surface area (Å²) >= 11 is 1.72. The summed E-state index contributed by atoms with van der Waals surface area (Å²) in [5.41, 5.74) is 0. The van der Waals surface area contributed by atoms with Gasteiger partial charge < -0.3 is 0 Å². The van der Waals surface area contributed by atoms with Crippen LogP contribution in [-0.2, 0) is 6.54 Å². The first-order chi connectivity index (χ1) is 5.45. The minimum atomic E-state index is 0.782. The Labute approximate surface area is 68.3 Å². The number of hydrogen-bond donors (Lipinski definition) is 0. The Morgan fingerprint density at radius 3 is 2.82 bits per heavy atom. The highest BCUT2D eigenvalue weighted by Gasteiger charge is 1.94. The third kappa shape index (κ3) is 1.46. The number of aromatic nitrogens is 3. The predicted octanol–water partition coefficient (Wildman–Crippen LogP) is 1.39. The second-order valence-electron chi connectivity index (χ2n) is 2.14. The van der Waals surface area contributed by atoms with Crippen molar-refractivity contribution >= 4 is 11.3 Å². The van der Waals surface area contributed by atoms with Crippen LogP contribution in [0.25, 0.3) is 0 Å². The van der Waals surface area contributed by atoms with Crippen LogP contribution in [0.15, 0.2) is 29.9 Å². The molecule has 0 unspecified atom stereocenters. The zero-order valence-electron chi connectivity index (χ0n) is 5.84. The highest BCUT2D eigenvalue weighted by atomic mass is 32.1. The molecule has 0 radical (unpaired) electrons. The summed E-state index contributed by atoms with van der Waals surface area (Å²) in [7, 11) is 0. The van der Waals surface area contributed by atoms with Crippen molar-refractivity contribution in [2.45, 2.75) is 6.54 Å². The molecule has 0 aliphatic rings. The molecule has 2 rings (SSSR count). The standard InChI is InChI=1S/C7H7N3S/c1-2-7(11-5-1)6-10-8-3-4-9-10/h1-5H,6H2. The minimum Gasteiger partial charge on any atom is -0.180 e. The van der Waals surface area contributed by atoms with E-state index < -0.39 is 0 Å². The van der Waals surface area contributed by atoms with Gasteiger partial charge in [-0.2, -0.15) is 15.0 Å². The van der Waals surface area contributed by atoms with Gasteiger partial charge in [-0.1, -0.05) is 6.07 Å². The number of rotatable bonds is 2. The lowest BCUT2D eigenvalue weighted by Gasteiger charge is -1.93. The van der Waals surface area contributed by atoms with Crippen LogP contribution < -0.4 is 0 Å². The SMILES string of the molecule is c1csc(Cn2nccn2)c1. The molecule has 0 aliphatic carbocycles. The van der Waals surface area contributed by atoms with Crippen LogP contribution in [0.4, 0.5) is 0 Å². The van der Waals surface area contributed by atoms with Gasteiger partial charge in [-0.3, -0.25) is 0 Å². The second-order valence-corrected chi connectivity index (χ2v) is 3.17. The molecule has 3 nitrogen and oxygen atoms in total. The average molecular weight is 165 g/mol. The Morgan fingerprint density at radius 1 is 1.36 bits per heavy atom. The van der Waals surface area contributed by atoms with E-state index in [1.807, 2.05) is 6.07 Å². The van der Waals surface area contributed by atoms with Gasteiger partial charge in [0.05, 0.1) is 18.9 Å². The van der Waals surface area contributed by atoms with Crippen molar-refractivity contribution in [3.63, 3.8) is 0 Å². The molecular formula is C7H7N3S. The first-order valence-corrected chi connectivity index (χ1v) is 4.19. The van der Waals surface area contributed by atoms with Crippen LogP contribution in [0.1, 0.15) is 4.88 Å². The second kappa shape index (κ2) is 2.84. The van der Waals surface area contributed by atoms with Crippen molar-refractivity contribution in [2.24, 2.45) is 0 Å². The molecule has 56 valence electrons. The zero-order chi connectivity index (χ0) is 7.52. The molecule has 4 heteroatoms. The average Bonchev–Trinajstić information content (AvgIpc) is 2.60. The summed E-state index contributed by atoms with van der Waals surface area (Å²) in [6.07, 6.45) is 3.38. The molecule has 0 saturated carbocycles. The van der Waals surface area contributed by atoms with E-state index in [0.717, 1.165) is 6.54 Å². The molecule has 0 saturated heterocycles. The summed E-state index contributed by atoms with van der Waals surface area (Å²) in [4.78, 5) is 2.95. The summed E-state index contributed by atoms with van der Waals surface area (Å²) in [6.45, 7) is 0.782. The molecule has 0 fully saturated rings. The molecule has 2 heterocycles. The number of nitrogens with zero attached hydrogens (tertiary/aromatic N) is 3. The molecule has 0 aromatic carbocycles. The third-order valence-corrected chi connectivity index (χ3v) is 2.21. The van der Waals surface area contributed by atoms with Gasteiger partial charge in [0, 0.05) is 4.88 Å². The summed E-state index contributed by atoms with van der Waals surface area (Å²) in [6, 6.07) is 4.11. The maximum absolute atomic E-state index is 4.00. The van der Waals surface area contributed by atoms with E-state index in [1.165, 1.54) is 4.88 Å². The van der Waals surface area contributed by atoms with Crippen molar-refractivity contribution in [1.82, 2.24) is 15.0 Å². The van der Waals surface area contributed by atoms with Crippen molar-refractivity contribution < 1.29 is 0 Å². The summed E-state index contributed by atoms with van der Waals surface area (Å²) in [5.74, 6) is 0. The molecule has 0 spiro atoms. The van der Waals surface area contributed by atoms with E-state index in [1.54, 1.807) is 28.5 Å². The van der Waals surface area contributed by atoms with E-state index in [4.69, 9.17) is 0 Å². The van der Waals surface area contributed by atoms with E-state index in [2.05, 4.69) is 21.6 Å². The van der Waals surface area contributed by atoms with Gasteiger partial charge in [0.15, 0.2) is 0 Å². The Hall–Kier alpha value is -1.16. The molecular weight excluding hydrogens is 158 g/mol. The lowest BCUT2D eigenvalue weighted by Crippen LogP contribution is -2.01. The smallest absolute Gasteiger partial charge is 0.0949 e. The first-order valence-electron chi connectivity index (χ1n) is 3.31. The Balaban J connectivity index is 2.14. The van der Waals surface area contributed by atoms with Gasteiger partial charge in [0.1, 0.15) is 0 Å². The third-order valence-electron chi connectivity index (χ3n) is 1.34. The van der Waals surface area contributed by atoms with Crippen LogP contribution in [-0.4, -0.2) is 15.0 Å². The zero-order valence-corrected chi connectivity index (χ0v) is 6.66. The Morgan fingerprint density at radius 2 is 2.18 bits per heavy atom. The highest BCUT2D eigenvalue weighted by Crippen LogP contribution is 2.08. The topological polar surface area (TPSA) is 30.7 Å². The molecule has 2 aromatic heterocycles. The van der Waals surface area contributed by atoms with E-state index in [-0.39, 0.29) is 0 Å². The predicted molar refractivity (Wildman–Crippen MR) is 43.4 cm³/mol. The van der Waals surface area contributed by atoms with Gasteiger partial charge in [-0.15, -0.1) is 11.3 Å². The molecule has 0 N–H and O–H groups in total. The fraction of sp³-hybridized carbons (Fsp3) is 0.143. The van der Waals surface area contributed by atoms with Gasteiger partial charge >= 0.3 is 0 Å². The van der Waals surface area contributed by atoms with Crippen molar-refractivity contribution in [3.8, 4) is 0 Å². The quantitative estimate of drug-likeness (QED) is 0.673. The van der Waals surface area contributed by atoms with Crippen molar-refractivity contribution in [1.29, 1.82) is 0 Å².